The van der Waals surface area contributed by atoms with Crippen LogP contribution in [0, 0.1) is 20.8 Å². The molecule has 7 nitrogen and oxygen atoms in total. The highest BCUT2D eigenvalue weighted by atomic mass is 16.5. The summed E-state index contributed by atoms with van der Waals surface area (Å²) in [5.74, 6) is -1.07. The van der Waals surface area contributed by atoms with Gasteiger partial charge in [0.2, 0.25) is 5.78 Å². The van der Waals surface area contributed by atoms with Crippen molar-refractivity contribution in [2.24, 2.45) is 0 Å². The van der Waals surface area contributed by atoms with E-state index in [1.807, 2.05) is 49.6 Å². The van der Waals surface area contributed by atoms with E-state index in [-0.39, 0.29) is 31.1 Å². The van der Waals surface area contributed by atoms with Gasteiger partial charge >= 0.3 is 5.97 Å². The van der Waals surface area contributed by atoms with Crippen molar-refractivity contribution in [1.82, 2.24) is 9.88 Å². The molecule has 2 aromatic heterocycles. The van der Waals surface area contributed by atoms with Gasteiger partial charge in [0, 0.05) is 29.2 Å². The molecule has 0 fully saturated rings. The Balaban J connectivity index is 1.53. The summed E-state index contributed by atoms with van der Waals surface area (Å²) in [5, 5.41) is 2.56. The topological polar surface area (TPSA) is 90.5 Å². The Morgan fingerprint density at radius 1 is 1.07 bits per heavy atom. The van der Waals surface area contributed by atoms with Crippen molar-refractivity contribution in [2.75, 3.05) is 13.2 Å². The molecule has 0 unspecified atom stereocenters. The molecule has 0 bridgehead atoms. The molecule has 156 valence electrons. The van der Waals surface area contributed by atoms with Gasteiger partial charge in [-0.25, -0.2) is 0 Å². The molecule has 0 saturated carbocycles. The summed E-state index contributed by atoms with van der Waals surface area (Å²) in [6, 6.07) is 13.0. The number of amides is 1. The number of ether oxygens (including phenoxy) is 1. The van der Waals surface area contributed by atoms with Gasteiger partial charge in [-0.3, -0.25) is 14.4 Å². The fourth-order valence-electron chi connectivity index (χ4n) is 3.21. The number of aryl methyl sites for hydroxylation is 2. The van der Waals surface area contributed by atoms with Crippen molar-refractivity contribution in [3.05, 3.63) is 77.0 Å². The Bertz CT molecular complexity index is 1050. The fraction of sp³-hybridized carbons (Fsp3) is 0.261. The second-order valence-electron chi connectivity index (χ2n) is 7.02. The van der Waals surface area contributed by atoms with E-state index < -0.39 is 11.9 Å². The molecule has 0 atom stereocenters. The van der Waals surface area contributed by atoms with Crippen molar-refractivity contribution in [1.29, 1.82) is 0 Å². The Morgan fingerprint density at radius 3 is 2.47 bits per heavy atom. The average Bonchev–Trinajstić information content (AvgIpc) is 3.35. The summed E-state index contributed by atoms with van der Waals surface area (Å²) in [6.45, 7) is 5.56. The van der Waals surface area contributed by atoms with Crippen molar-refractivity contribution < 1.29 is 23.5 Å². The lowest BCUT2D eigenvalue weighted by molar-refractivity contribution is -0.142. The normalized spacial score (nSPS) is 10.6. The summed E-state index contributed by atoms with van der Waals surface area (Å²) in [6.07, 6.45) is 1.35. The molecule has 2 heterocycles. The zero-order valence-corrected chi connectivity index (χ0v) is 17.2. The monoisotopic (exact) mass is 408 g/mol. The van der Waals surface area contributed by atoms with Crippen LogP contribution >= 0.6 is 0 Å². The maximum atomic E-state index is 12.6. The van der Waals surface area contributed by atoms with E-state index in [2.05, 4.69) is 5.32 Å². The van der Waals surface area contributed by atoms with Crippen LogP contribution in [0.1, 0.15) is 44.3 Å². The molecule has 7 heteroatoms. The highest BCUT2D eigenvalue weighted by Gasteiger charge is 2.18. The van der Waals surface area contributed by atoms with E-state index in [0.717, 1.165) is 22.6 Å². The van der Waals surface area contributed by atoms with Gasteiger partial charge in [0.15, 0.2) is 12.4 Å². The number of esters is 1. The SMILES string of the molecule is Cc1ccc(-n2c(C)cc(C(=O)COC(=O)CCNC(=O)c3ccco3)c2C)cc1. The number of hydrogen-bond acceptors (Lipinski definition) is 5. The Labute approximate surface area is 174 Å². The predicted octanol–water partition coefficient (Wildman–Crippen LogP) is 3.54. The average molecular weight is 408 g/mol. The van der Waals surface area contributed by atoms with Gasteiger partial charge in [-0.15, -0.1) is 0 Å². The third kappa shape index (κ3) is 4.86. The minimum Gasteiger partial charge on any atom is -0.459 e. The standard InChI is InChI=1S/C23H24N2O5/c1-15-6-8-18(9-7-15)25-16(2)13-19(17(25)3)20(26)14-30-22(27)10-11-24-23(28)21-5-4-12-29-21/h4-9,12-13H,10-11,14H2,1-3H3,(H,24,28). The predicted molar refractivity (Wildman–Crippen MR) is 111 cm³/mol. The van der Waals surface area contributed by atoms with Gasteiger partial charge in [0.25, 0.3) is 5.91 Å². The van der Waals surface area contributed by atoms with E-state index in [1.165, 1.54) is 12.3 Å². The molecular formula is C23H24N2O5. The van der Waals surface area contributed by atoms with Crippen molar-refractivity contribution in [3.63, 3.8) is 0 Å². The van der Waals surface area contributed by atoms with Crippen LogP contribution < -0.4 is 5.32 Å². The molecule has 1 amide bonds. The van der Waals surface area contributed by atoms with Gasteiger partial charge in [-0.1, -0.05) is 17.7 Å². The lowest BCUT2D eigenvalue weighted by Crippen LogP contribution is -2.26. The lowest BCUT2D eigenvalue weighted by Gasteiger charge is -2.10. The molecule has 1 N–H and O–H groups in total. The second kappa shape index (κ2) is 9.26. The van der Waals surface area contributed by atoms with Crippen LogP contribution in [0.4, 0.5) is 0 Å². The number of benzene rings is 1. The summed E-state index contributed by atoms with van der Waals surface area (Å²) >= 11 is 0. The van der Waals surface area contributed by atoms with Crippen LogP contribution in [-0.2, 0) is 9.53 Å². The smallest absolute Gasteiger partial charge is 0.308 e. The number of ketones is 1. The Hall–Kier alpha value is -3.61. The molecule has 0 spiro atoms. The summed E-state index contributed by atoms with van der Waals surface area (Å²) < 4.78 is 12.0. The van der Waals surface area contributed by atoms with E-state index in [4.69, 9.17) is 9.15 Å². The van der Waals surface area contributed by atoms with Crippen LogP contribution in [-0.4, -0.2) is 35.4 Å². The van der Waals surface area contributed by atoms with Gasteiger partial charge < -0.3 is 19.0 Å². The summed E-state index contributed by atoms with van der Waals surface area (Å²) in [5.41, 5.74) is 4.37. The first-order valence-corrected chi connectivity index (χ1v) is 9.63. The fourth-order valence-corrected chi connectivity index (χ4v) is 3.21. The third-order valence-electron chi connectivity index (χ3n) is 4.75. The van der Waals surface area contributed by atoms with Gasteiger partial charge in [-0.2, -0.15) is 0 Å². The zero-order chi connectivity index (χ0) is 21.7. The molecular weight excluding hydrogens is 384 g/mol. The largest absolute Gasteiger partial charge is 0.459 e. The molecule has 0 aliphatic rings. The van der Waals surface area contributed by atoms with Crippen LogP contribution in [0.2, 0.25) is 0 Å². The van der Waals surface area contributed by atoms with Crippen molar-refractivity contribution in [3.8, 4) is 5.69 Å². The number of aromatic nitrogens is 1. The minimum absolute atomic E-state index is 0.0396. The first kappa shape index (κ1) is 21.1. The number of hydrogen-bond donors (Lipinski definition) is 1. The molecule has 30 heavy (non-hydrogen) atoms. The van der Waals surface area contributed by atoms with Crippen LogP contribution in [0.25, 0.3) is 5.69 Å². The molecule has 3 rings (SSSR count). The zero-order valence-electron chi connectivity index (χ0n) is 17.2. The van der Waals surface area contributed by atoms with E-state index >= 15 is 0 Å². The Kier molecular flexibility index (Phi) is 6.51. The van der Waals surface area contributed by atoms with Gasteiger partial charge in [0.1, 0.15) is 0 Å². The molecule has 3 aromatic rings. The maximum Gasteiger partial charge on any atom is 0.308 e. The van der Waals surface area contributed by atoms with Crippen LogP contribution in [0.15, 0.2) is 53.1 Å². The minimum atomic E-state index is -0.560. The second-order valence-corrected chi connectivity index (χ2v) is 7.02. The van der Waals surface area contributed by atoms with E-state index in [9.17, 15) is 14.4 Å². The van der Waals surface area contributed by atoms with E-state index in [0.29, 0.717) is 5.56 Å². The molecule has 1 aromatic carbocycles. The number of carbonyl (C=O) groups excluding carboxylic acids is 3. The highest BCUT2D eigenvalue weighted by molar-refractivity contribution is 5.99. The Morgan fingerprint density at radius 2 is 1.80 bits per heavy atom. The van der Waals surface area contributed by atoms with Crippen molar-refractivity contribution in [2.45, 2.75) is 27.2 Å². The van der Waals surface area contributed by atoms with Crippen LogP contribution in [0.3, 0.4) is 0 Å². The number of furan rings is 1. The van der Waals surface area contributed by atoms with Gasteiger partial charge in [0.05, 0.1) is 12.7 Å². The summed E-state index contributed by atoms with van der Waals surface area (Å²) in [4.78, 5) is 36.2. The molecule has 0 saturated heterocycles. The molecule has 0 aliphatic carbocycles. The first-order chi connectivity index (χ1) is 14.4. The van der Waals surface area contributed by atoms with Gasteiger partial charge in [-0.05, 0) is 51.1 Å². The van der Waals surface area contributed by atoms with Crippen molar-refractivity contribution >= 4 is 17.7 Å². The van der Waals surface area contributed by atoms with Crippen LogP contribution in [0.5, 0.6) is 0 Å². The summed E-state index contributed by atoms with van der Waals surface area (Å²) in [7, 11) is 0. The first-order valence-electron chi connectivity index (χ1n) is 9.63. The quantitative estimate of drug-likeness (QED) is 0.455. The lowest BCUT2D eigenvalue weighted by atomic mass is 10.1. The number of Topliss-reactive ketones (excluding diaryl/α,β-unsaturated/α-hetero) is 1. The number of carbonyl (C=O) groups is 3. The molecule has 0 radical (unpaired) electrons. The third-order valence-corrected chi connectivity index (χ3v) is 4.75. The highest BCUT2D eigenvalue weighted by Crippen LogP contribution is 2.21. The number of rotatable bonds is 8. The number of nitrogens with zero attached hydrogens (tertiary/aromatic N) is 1. The maximum absolute atomic E-state index is 12.6. The number of nitrogens with one attached hydrogen (secondary N) is 1. The van der Waals surface area contributed by atoms with E-state index in [1.54, 1.807) is 12.1 Å². The molecule has 0 aliphatic heterocycles.